The van der Waals surface area contributed by atoms with Gasteiger partial charge in [0.1, 0.15) is 5.69 Å². The number of amides is 1. The number of furan rings is 1. The molecule has 7 heteroatoms. The van der Waals surface area contributed by atoms with Gasteiger partial charge in [-0.25, -0.2) is 4.98 Å². The summed E-state index contributed by atoms with van der Waals surface area (Å²) in [5, 5.41) is 7.11. The number of hydrogen-bond acceptors (Lipinski definition) is 5. The summed E-state index contributed by atoms with van der Waals surface area (Å²) in [4.78, 5) is 20.8. The van der Waals surface area contributed by atoms with Crippen molar-refractivity contribution < 1.29 is 9.21 Å². The van der Waals surface area contributed by atoms with Crippen molar-refractivity contribution in [2.45, 2.75) is 6.54 Å². The Labute approximate surface area is 143 Å². The predicted octanol–water partition coefficient (Wildman–Crippen LogP) is 2.52. The number of aromatic nitrogens is 4. The fraction of sp³-hybridized carbons (Fsp3) is 0.111. The molecule has 1 aromatic carbocycles. The molecule has 4 aromatic rings. The number of hydrogen-bond donors (Lipinski definition) is 1. The summed E-state index contributed by atoms with van der Waals surface area (Å²) >= 11 is 0. The fourth-order valence-corrected chi connectivity index (χ4v) is 2.50. The van der Waals surface area contributed by atoms with E-state index in [0.29, 0.717) is 24.3 Å². The highest BCUT2D eigenvalue weighted by Crippen LogP contribution is 2.18. The highest BCUT2D eigenvalue weighted by Gasteiger charge is 2.09. The minimum atomic E-state index is -0.250. The largest absolute Gasteiger partial charge is 0.472 e. The van der Waals surface area contributed by atoms with Gasteiger partial charge in [0.05, 0.1) is 42.5 Å². The lowest BCUT2D eigenvalue weighted by Gasteiger charge is -2.05. The minimum Gasteiger partial charge on any atom is -0.472 e. The number of para-hydroxylation sites is 2. The second-order valence-corrected chi connectivity index (χ2v) is 5.50. The van der Waals surface area contributed by atoms with Gasteiger partial charge in [-0.1, -0.05) is 12.1 Å². The van der Waals surface area contributed by atoms with Gasteiger partial charge in [0.2, 0.25) is 0 Å². The van der Waals surface area contributed by atoms with E-state index in [2.05, 4.69) is 20.4 Å². The first kappa shape index (κ1) is 15.1. The third kappa shape index (κ3) is 3.25. The average molecular weight is 333 g/mol. The summed E-state index contributed by atoms with van der Waals surface area (Å²) in [5.41, 5.74) is 3.72. The van der Waals surface area contributed by atoms with E-state index >= 15 is 0 Å². The Morgan fingerprint density at radius 2 is 2.00 bits per heavy atom. The quantitative estimate of drug-likeness (QED) is 0.606. The number of benzene rings is 1. The van der Waals surface area contributed by atoms with Crippen molar-refractivity contribution in [1.29, 1.82) is 0 Å². The Balaban J connectivity index is 1.37. The molecule has 0 atom stereocenters. The molecule has 7 nitrogen and oxygen atoms in total. The van der Waals surface area contributed by atoms with Gasteiger partial charge in [0.15, 0.2) is 0 Å². The Morgan fingerprint density at radius 1 is 1.12 bits per heavy atom. The van der Waals surface area contributed by atoms with Crippen LogP contribution in [0, 0.1) is 0 Å². The van der Waals surface area contributed by atoms with E-state index < -0.39 is 0 Å². The van der Waals surface area contributed by atoms with Crippen molar-refractivity contribution in [1.82, 2.24) is 25.1 Å². The van der Waals surface area contributed by atoms with Crippen LogP contribution in [0.25, 0.3) is 22.2 Å². The van der Waals surface area contributed by atoms with Gasteiger partial charge in [-0.3, -0.25) is 14.5 Å². The van der Waals surface area contributed by atoms with Crippen LogP contribution in [0.1, 0.15) is 10.5 Å². The molecule has 124 valence electrons. The van der Waals surface area contributed by atoms with Crippen LogP contribution in [-0.2, 0) is 6.54 Å². The molecular weight excluding hydrogens is 318 g/mol. The van der Waals surface area contributed by atoms with Crippen LogP contribution >= 0.6 is 0 Å². The van der Waals surface area contributed by atoms with Crippen LogP contribution in [0.5, 0.6) is 0 Å². The zero-order valence-corrected chi connectivity index (χ0v) is 13.3. The zero-order chi connectivity index (χ0) is 17.1. The standard InChI is InChI=1S/C18H15N5O2/c24-18(17-10-20-15-3-1-2-4-16(15)22-17)19-6-7-23-11-14(9-21-23)13-5-8-25-12-13/h1-5,8-12H,6-7H2,(H,19,24). The molecule has 0 aliphatic carbocycles. The maximum Gasteiger partial charge on any atom is 0.271 e. The van der Waals surface area contributed by atoms with Crippen molar-refractivity contribution in [3.63, 3.8) is 0 Å². The zero-order valence-electron chi connectivity index (χ0n) is 13.3. The molecule has 0 aliphatic heterocycles. The molecule has 0 saturated heterocycles. The number of nitrogens with zero attached hydrogens (tertiary/aromatic N) is 4. The minimum absolute atomic E-state index is 0.250. The van der Waals surface area contributed by atoms with Crippen molar-refractivity contribution in [3.8, 4) is 11.1 Å². The molecule has 25 heavy (non-hydrogen) atoms. The van der Waals surface area contributed by atoms with Gasteiger partial charge in [-0.05, 0) is 18.2 Å². The maximum absolute atomic E-state index is 12.2. The first-order chi connectivity index (χ1) is 12.3. The number of rotatable bonds is 5. The fourth-order valence-electron chi connectivity index (χ4n) is 2.50. The SMILES string of the molecule is O=C(NCCn1cc(-c2ccoc2)cn1)c1cnc2ccccc2n1. The molecule has 0 aliphatic rings. The summed E-state index contributed by atoms with van der Waals surface area (Å²) < 4.78 is 6.84. The lowest BCUT2D eigenvalue weighted by molar-refractivity contribution is 0.0947. The van der Waals surface area contributed by atoms with E-state index in [1.165, 1.54) is 6.20 Å². The van der Waals surface area contributed by atoms with Gasteiger partial charge >= 0.3 is 0 Å². The smallest absolute Gasteiger partial charge is 0.271 e. The maximum atomic E-state index is 12.2. The second kappa shape index (κ2) is 6.56. The molecule has 0 bridgehead atoms. The molecule has 0 spiro atoms. The van der Waals surface area contributed by atoms with E-state index in [1.54, 1.807) is 23.4 Å². The van der Waals surface area contributed by atoms with Crippen LogP contribution in [0.2, 0.25) is 0 Å². The van der Waals surface area contributed by atoms with Crippen molar-refractivity contribution in [3.05, 3.63) is 67.1 Å². The Kier molecular flexibility index (Phi) is 3.96. The second-order valence-electron chi connectivity index (χ2n) is 5.50. The van der Waals surface area contributed by atoms with Gasteiger partial charge < -0.3 is 9.73 Å². The molecule has 1 amide bonds. The Bertz CT molecular complexity index is 1010. The summed E-state index contributed by atoms with van der Waals surface area (Å²) in [5.74, 6) is -0.250. The monoisotopic (exact) mass is 333 g/mol. The Hall–Kier alpha value is -3.48. The molecule has 0 radical (unpaired) electrons. The first-order valence-corrected chi connectivity index (χ1v) is 7.84. The number of nitrogens with one attached hydrogen (secondary N) is 1. The molecule has 0 saturated carbocycles. The van der Waals surface area contributed by atoms with E-state index in [-0.39, 0.29) is 5.91 Å². The molecule has 0 unspecified atom stereocenters. The molecule has 1 N–H and O–H groups in total. The number of carbonyl (C=O) groups is 1. The van der Waals surface area contributed by atoms with Gasteiger partial charge in [0, 0.05) is 23.9 Å². The van der Waals surface area contributed by atoms with Crippen LogP contribution in [-0.4, -0.2) is 32.2 Å². The first-order valence-electron chi connectivity index (χ1n) is 7.84. The summed E-state index contributed by atoms with van der Waals surface area (Å²) in [6.45, 7) is 1.00. The van der Waals surface area contributed by atoms with E-state index in [0.717, 1.165) is 16.6 Å². The lowest BCUT2D eigenvalue weighted by atomic mass is 10.2. The number of fused-ring (bicyclic) bond motifs is 1. The van der Waals surface area contributed by atoms with Gasteiger partial charge in [-0.2, -0.15) is 5.10 Å². The number of carbonyl (C=O) groups excluding carboxylic acids is 1. The van der Waals surface area contributed by atoms with Crippen LogP contribution in [0.15, 0.2) is 65.9 Å². The highest BCUT2D eigenvalue weighted by atomic mass is 16.3. The normalized spacial score (nSPS) is 10.9. The molecular formula is C18H15N5O2. The van der Waals surface area contributed by atoms with E-state index in [9.17, 15) is 4.79 Å². The predicted molar refractivity (Wildman–Crippen MR) is 91.8 cm³/mol. The Morgan fingerprint density at radius 3 is 2.84 bits per heavy atom. The molecule has 0 fully saturated rings. The molecule has 3 heterocycles. The van der Waals surface area contributed by atoms with Gasteiger partial charge in [-0.15, -0.1) is 0 Å². The summed E-state index contributed by atoms with van der Waals surface area (Å²) in [6.07, 6.45) is 8.45. The summed E-state index contributed by atoms with van der Waals surface area (Å²) in [6, 6.07) is 9.33. The van der Waals surface area contributed by atoms with Crippen LogP contribution in [0.4, 0.5) is 0 Å². The summed E-state index contributed by atoms with van der Waals surface area (Å²) in [7, 11) is 0. The van der Waals surface area contributed by atoms with Crippen LogP contribution in [0.3, 0.4) is 0 Å². The van der Waals surface area contributed by atoms with Gasteiger partial charge in [0.25, 0.3) is 5.91 Å². The average Bonchev–Trinajstić information content (AvgIpc) is 3.32. The molecule has 4 rings (SSSR count). The van der Waals surface area contributed by atoms with Crippen molar-refractivity contribution in [2.75, 3.05) is 6.54 Å². The van der Waals surface area contributed by atoms with Crippen LogP contribution < -0.4 is 5.32 Å². The van der Waals surface area contributed by atoms with Crippen molar-refractivity contribution >= 4 is 16.9 Å². The lowest BCUT2D eigenvalue weighted by Crippen LogP contribution is -2.28. The third-order valence-electron chi connectivity index (χ3n) is 3.80. The molecule has 3 aromatic heterocycles. The van der Waals surface area contributed by atoms with E-state index in [1.807, 2.05) is 36.5 Å². The topological polar surface area (TPSA) is 85.8 Å². The van der Waals surface area contributed by atoms with Crippen molar-refractivity contribution in [2.24, 2.45) is 0 Å². The highest BCUT2D eigenvalue weighted by molar-refractivity contribution is 5.93. The van der Waals surface area contributed by atoms with E-state index in [4.69, 9.17) is 4.42 Å². The third-order valence-corrected chi connectivity index (χ3v) is 3.80.